The average molecular weight is 369 g/mol. The molecule has 0 fully saturated rings. The van der Waals surface area contributed by atoms with Gasteiger partial charge in [-0.25, -0.2) is 4.39 Å². The highest BCUT2D eigenvalue weighted by Gasteiger charge is 2.14. The van der Waals surface area contributed by atoms with Gasteiger partial charge in [0.05, 0.1) is 13.3 Å². The molecule has 0 spiro atoms. The molecule has 5 nitrogen and oxygen atoms in total. The van der Waals surface area contributed by atoms with E-state index in [2.05, 4.69) is 20.6 Å². The van der Waals surface area contributed by atoms with Gasteiger partial charge in [0.25, 0.3) is 0 Å². The number of para-hydroxylation sites is 1. The standard InChI is InChI=1S/C16H14F3N3O2S/c1-23-13-4-2-3-10(14(13)24-15(18)19)9-20-22-16(25)21-12-7-5-11(17)6-8-12/h2-9,15H,1H3,(H2,21,22,25)/b20-9-. The van der Waals surface area contributed by atoms with Crippen LogP contribution in [0.2, 0.25) is 0 Å². The van der Waals surface area contributed by atoms with Crippen molar-refractivity contribution in [3.63, 3.8) is 0 Å². The van der Waals surface area contributed by atoms with Crippen LogP contribution in [-0.4, -0.2) is 25.0 Å². The van der Waals surface area contributed by atoms with Crippen LogP contribution in [0.3, 0.4) is 0 Å². The zero-order valence-corrected chi connectivity index (χ0v) is 13.8. The van der Waals surface area contributed by atoms with E-state index < -0.39 is 6.61 Å². The van der Waals surface area contributed by atoms with E-state index in [1.807, 2.05) is 0 Å². The lowest BCUT2D eigenvalue weighted by Crippen LogP contribution is -2.23. The van der Waals surface area contributed by atoms with Crippen molar-refractivity contribution in [2.75, 3.05) is 12.4 Å². The first-order chi connectivity index (χ1) is 12.0. The van der Waals surface area contributed by atoms with Gasteiger partial charge in [0.15, 0.2) is 16.6 Å². The number of hydrogen-bond acceptors (Lipinski definition) is 4. The van der Waals surface area contributed by atoms with Gasteiger partial charge in [-0.15, -0.1) is 0 Å². The van der Waals surface area contributed by atoms with Crippen LogP contribution in [-0.2, 0) is 0 Å². The SMILES string of the molecule is COc1cccc(/C=N\NC(=S)Nc2ccc(F)cc2)c1OC(F)F. The number of hydrogen-bond donors (Lipinski definition) is 2. The minimum atomic E-state index is -3.00. The number of rotatable bonds is 6. The molecule has 0 amide bonds. The number of anilines is 1. The number of halogens is 3. The molecule has 0 heterocycles. The van der Waals surface area contributed by atoms with Crippen molar-refractivity contribution in [3.8, 4) is 11.5 Å². The average Bonchev–Trinajstić information content (AvgIpc) is 2.58. The Bertz CT molecular complexity index is 755. The van der Waals surface area contributed by atoms with Gasteiger partial charge >= 0.3 is 6.61 Å². The largest absolute Gasteiger partial charge is 0.493 e. The van der Waals surface area contributed by atoms with E-state index >= 15 is 0 Å². The lowest BCUT2D eigenvalue weighted by molar-refractivity contribution is -0.0513. The van der Waals surface area contributed by atoms with E-state index in [0.717, 1.165) is 0 Å². The molecule has 9 heteroatoms. The Kier molecular flexibility index (Phi) is 6.58. The third-order valence-corrected chi connectivity index (χ3v) is 3.10. The molecule has 0 aliphatic heterocycles. The second-order valence-electron chi connectivity index (χ2n) is 4.59. The molecule has 2 rings (SSSR count). The third-order valence-electron chi connectivity index (χ3n) is 2.91. The number of ether oxygens (including phenoxy) is 2. The molecule has 0 aliphatic carbocycles. The second-order valence-corrected chi connectivity index (χ2v) is 5.00. The smallest absolute Gasteiger partial charge is 0.387 e. The molecule has 0 saturated carbocycles. The van der Waals surface area contributed by atoms with E-state index in [-0.39, 0.29) is 28.0 Å². The Morgan fingerprint density at radius 2 is 1.92 bits per heavy atom. The number of nitrogens with one attached hydrogen (secondary N) is 2. The van der Waals surface area contributed by atoms with E-state index in [1.165, 1.54) is 49.7 Å². The minimum Gasteiger partial charge on any atom is -0.493 e. The van der Waals surface area contributed by atoms with Crippen LogP contribution in [0.1, 0.15) is 5.56 Å². The van der Waals surface area contributed by atoms with Crippen LogP contribution in [0.25, 0.3) is 0 Å². The molecule has 0 aliphatic rings. The summed E-state index contributed by atoms with van der Waals surface area (Å²) in [4.78, 5) is 0. The molecule has 0 aromatic heterocycles. The van der Waals surface area contributed by atoms with Crippen molar-refractivity contribution >= 4 is 29.2 Å². The summed E-state index contributed by atoms with van der Waals surface area (Å²) in [5.74, 6) is -0.355. The Labute approximate surface area is 147 Å². The topological polar surface area (TPSA) is 54.9 Å². The molecule has 2 N–H and O–H groups in total. The van der Waals surface area contributed by atoms with Crippen LogP contribution in [0.5, 0.6) is 11.5 Å². The van der Waals surface area contributed by atoms with Crippen LogP contribution in [0.4, 0.5) is 18.9 Å². The van der Waals surface area contributed by atoms with Gasteiger partial charge in [-0.1, -0.05) is 6.07 Å². The molecule has 2 aromatic carbocycles. The van der Waals surface area contributed by atoms with E-state index in [0.29, 0.717) is 5.69 Å². The maximum Gasteiger partial charge on any atom is 0.387 e. The molecule has 0 atom stereocenters. The quantitative estimate of drug-likeness (QED) is 0.461. The van der Waals surface area contributed by atoms with Gasteiger partial charge in [-0.3, -0.25) is 5.43 Å². The highest BCUT2D eigenvalue weighted by atomic mass is 32.1. The van der Waals surface area contributed by atoms with Crippen LogP contribution >= 0.6 is 12.2 Å². The summed E-state index contributed by atoms with van der Waals surface area (Å²) in [5, 5.41) is 6.79. The fraction of sp³-hybridized carbons (Fsp3) is 0.125. The number of hydrazone groups is 1. The molecule has 25 heavy (non-hydrogen) atoms. The predicted octanol–water partition coefficient (Wildman–Crippen LogP) is 3.76. The van der Waals surface area contributed by atoms with Crippen LogP contribution in [0, 0.1) is 5.82 Å². The Balaban J connectivity index is 2.03. The summed E-state index contributed by atoms with van der Waals surface area (Å²) in [6.45, 7) is -3.00. The highest BCUT2D eigenvalue weighted by Crippen LogP contribution is 2.31. The summed E-state index contributed by atoms with van der Waals surface area (Å²) >= 11 is 5.03. The number of methoxy groups -OCH3 is 1. The Morgan fingerprint density at radius 1 is 1.20 bits per heavy atom. The lowest BCUT2D eigenvalue weighted by atomic mass is 10.2. The number of thiocarbonyl (C=S) groups is 1. The zero-order chi connectivity index (χ0) is 18.2. The fourth-order valence-corrected chi connectivity index (χ4v) is 2.03. The summed E-state index contributed by atoms with van der Waals surface area (Å²) in [6, 6.07) is 10.2. The van der Waals surface area contributed by atoms with Crippen molar-refractivity contribution in [3.05, 3.63) is 53.8 Å². The number of nitrogens with zero attached hydrogens (tertiary/aromatic N) is 1. The predicted molar refractivity (Wildman–Crippen MR) is 93.0 cm³/mol. The molecule has 0 saturated heterocycles. The van der Waals surface area contributed by atoms with E-state index in [4.69, 9.17) is 17.0 Å². The van der Waals surface area contributed by atoms with Crippen molar-refractivity contribution < 1.29 is 22.6 Å². The first kappa shape index (κ1) is 18.5. The molecular formula is C16H14F3N3O2S. The Hall–Kier alpha value is -2.81. The van der Waals surface area contributed by atoms with Crippen molar-refractivity contribution in [1.82, 2.24) is 5.43 Å². The summed E-state index contributed by atoms with van der Waals surface area (Å²) in [7, 11) is 1.34. The van der Waals surface area contributed by atoms with Gasteiger partial charge in [0.1, 0.15) is 5.82 Å². The van der Waals surface area contributed by atoms with Crippen LogP contribution < -0.4 is 20.2 Å². The molecule has 0 radical (unpaired) electrons. The summed E-state index contributed by atoms with van der Waals surface area (Å²) in [5.41, 5.74) is 3.37. The van der Waals surface area contributed by atoms with E-state index in [1.54, 1.807) is 6.07 Å². The van der Waals surface area contributed by atoms with Gasteiger partial charge in [0.2, 0.25) is 0 Å². The normalized spacial score (nSPS) is 10.8. The molecule has 0 unspecified atom stereocenters. The zero-order valence-electron chi connectivity index (χ0n) is 13.0. The maximum absolute atomic E-state index is 12.8. The van der Waals surface area contributed by atoms with Gasteiger partial charge in [-0.05, 0) is 48.6 Å². The summed E-state index contributed by atoms with van der Waals surface area (Å²) < 4.78 is 47.4. The van der Waals surface area contributed by atoms with E-state index in [9.17, 15) is 13.2 Å². The van der Waals surface area contributed by atoms with Crippen molar-refractivity contribution in [2.45, 2.75) is 6.61 Å². The highest BCUT2D eigenvalue weighted by molar-refractivity contribution is 7.80. The second kappa shape index (κ2) is 8.88. The molecule has 132 valence electrons. The minimum absolute atomic E-state index is 0.136. The van der Waals surface area contributed by atoms with Gasteiger partial charge in [-0.2, -0.15) is 13.9 Å². The number of benzene rings is 2. The monoisotopic (exact) mass is 369 g/mol. The van der Waals surface area contributed by atoms with Crippen LogP contribution in [0.15, 0.2) is 47.6 Å². The van der Waals surface area contributed by atoms with Crippen molar-refractivity contribution in [2.24, 2.45) is 5.10 Å². The first-order valence-electron chi connectivity index (χ1n) is 6.97. The Morgan fingerprint density at radius 3 is 2.56 bits per heavy atom. The molecule has 0 bridgehead atoms. The molecule has 2 aromatic rings. The third kappa shape index (κ3) is 5.64. The number of alkyl halides is 2. The van der Waals surface area contributed by atoms with Crippen molar-refractivity contribution in [1.29, 1.82) is 0 Å². The molecular weight excluding hydrogens is 355 g/mol. The lowest BCUT2D eigenvalue weighted by Gasteiger charge is -2.12. The van der Waals surface area contributed by atoms with Gasteiger partial charge < -0.3 is 14.8 Å². The maximum atomic E-state index is 12.8. The summed E-state index contributed by atoms with van der Waals surface area (Å²) in [6.07, 6.45) is 1.26. The fourth-order valence-electron chi connectivity index (χ4n) is 1.86. The first-order valence-corrected chi connectivity index (χ1v) is 7.38. The van der Waals surface area contributed by atoms with Gasteiger partial charge in [0, 0.05) is 11.3 Å².